The summed E-state index contributed by atoms with van der Waals surface area (Å²) in [6.45, 7) is 4.81. The third-order valence-electron chi connectivity index (χ3n) is 3.16. The van der Waals surface area contributed by atoms with Gasteiger partial charge in [-0.15, -0.1) is 0 Å². The van der Waals surface area contributed by atoms with Crippen LogP contribution in [0.3, 0.4) is 0 Å². The minimum absolute atomic E-state index is 0.468. The highest BCUT2D eigenvalue weighted by atomic mass is 35.5. The van der Waals surface area contributed by atoms with Gasteiger partial charge in [0, 0.05) is 21.5 Å². The molecule has 0 spiro atoms. The van der Waals surface area contributed by atoms with Gasteiger partial charge in [-0.05, 0) is 43.8 Å². The zero-order valence-corrected chi connectivity index (χ0v) is 16.0. The molecule has 0 amide bonds. The standard InChI is InChI=1S/C17H15Cl2N3O2S/c1-3-23-14-9-15(24-4-2)22-17(21-14)25-13-5-6-20-12-8-10(18)7-11(19)16(12)13/h5-9H,3-4H2,1-2H3. The smallest absolute Gasteiger partial charge is 0.221 e. The fourth-order valence-electron chi connectivity index (χ4n) is 2.23. The summed E-state index contributed by atoms with van der Waals surface area (Å²) in [6, 6.07) is 7.01. The molecule has 130 valence electrons. The molecule has 25 heavy (non-hydrogen) atoms. The molecule has 3 rings (SSSR count). The fraction of sp³-hybridized carbons (Fsp3) is 0.235. The van der Waals surface area contributed by atoms with E-state index in [1.54, 1.807) is 24.4 Å². The number of halogens is 2. The first-order valence-electron chi connectivity index (χ1n) is 7.67. The van der Waals surface area contributed by atoms with Crippen molar-refractivity contribution < 1.29 is 9.47 Å². The Bertz CT molecular complexity index is 884. The summed E-state index contributed by atoms with van der Waals surface area (Å²) in [4.78, 5) is 14.0. The second kappa shape index (κ2) is 8.08. The summed E-state index contributed by atoms with van der Waals surface area (Å²) in [5.41, 5.74) is 0.716. The molecule has 5 nitrogen and oxygen atoms in total. The van der Waals surface area contributed by atoms with E-state index in [4.69, 9.17) is 32.7 Å². The Labute approximate surface area is 159 Å². The van der Waals surface area contributed by atoms with Crippen LogP contribution < -0.4 is 9.47 Å². The van der Waals surface area contributed by atoms with Crippen LogP contribution in [0, 0.1) is 0 Å². The van der Waals surface area contributed by atoms with Crippen LogP contribution in [0.5, 0.6) is 11.8 Å². The van der Waals surface area contributed by atoms with Gasteiger partial charge in [0.15, 0.2) is 5.16 Å². The first kappa shape index (κ1) is 18.0. The Morgan fingerprint density at radius 2 is 1.68 bits per heavy atom. The molecular weight excluding hydrogens is 381 g/mol. The first-order chi connectivity index (χ1) is 12.1. The predicted octanol–water partition coefficient (Wildman–Crippen LogP) is 5.28. The average Bonchev–Trinajstić information content (AvgIpc) is 2.55. The number of hydrogen-bond acceptors (Lipinski definition) is 6. The monoisotopic (exact) mass is 395 g/mol. The van der Waals surface area contributed by atoms with Crippen molar-refractivity contribution in [2.24, 2.45) is 0 Å². The third-order valence-corrected chi connectivity index (χ3v) is 4.61. The lowest BCUT2D eigenvalue weighted by Gasteiger charge is -2.10. The Morgan fingerprint density at radius 3 is 2.32 bits per heavy atom. The number of pyridine rings is 1. The molecule has 0 aliphatic rings. The molecule has 0 atom stereocenters. The highest BCUT2D eigenvalue weighted by Gasteiger charge is 2.13. The Kier molecular flexibility index (Phi) is 5.83. The van der Waals surface area contributed by atoms with Crippen LogP contribution in [0.4, 0.5) is 0 Å². The van der Waals surface area contributed by atoms with E-state index < -0.39 is 0 Å². The van der Waals surface area contributed by atoms with Crippen molar-refractivity contribution in [1.29, 1.82) is 0 Å². The number of rotatable bonds is 6. The molecule has 0 N–H and O–H groups in total. The van der Waals surface area contributed by atoms with Crippen molar-refractivity contribution in [2.75, 3.05) is 13.2 Å². The second-order valence-corrected chi connectivity index (χ2v) is 6.74. The second-order valence-electron chi connectivity index (χ2n) is 4.89. The zero-order chi connectivity index (χ0) is 17.8. The lowest BCUT2D eigenvalue weighted by atomic mass is 10.2. The molecule has 0 aliphatic heterocycles. The van der Waals surface area contributed by atoms with E-state index in [1.807, 2.05) is 19.9 Å². The van der Waals surface area contributed by atoms with Crippen LogP contribution in [-0.4, -0.2) is 28.2 Å². The normalized spacial score (nSPS) is 10.9. The summed E-state index contributed by atoms with van der Waals surface area (Å²) >= 11 is 13.8. The van der Waals surface area contributed by atoms with Crippen LogP contribution in [-0.2, 0) is 0 Å². The first-order valence-corrected chi connectivity index (χ1v) is 9.24. The van der Waals surface area contributed by atoms with Crippen LogP contribution in [0.25, 0.3) is 10.9 Å². The number of hydrogen-bond donors (Lipinski definition) is 0. The van der Waals surface area contributed by atoms with Gasteiger partial charge in [-0.2, -0.15) is 9.97 Å². The maximum absolute atomic E-state index is 6.37. The molecule has 1 aromatic carbocycles. The van der Waals surface area contributed by atoms with Gasteiger partial charge in [0.25, 0.3) is 0 Å². The number of benzene rings is 1. The summed E-state index contributed by atoms with van der Waals surface area (Å²) < 4.78 is 11.0. The van der Waals surface area contributed by atoms with Crippen molar-refractivity contribution in [2.45, 2.75) is 23.9 Å². The molecule has 0 unspecified atom stereocenters. The third kappa shape index (κ3) is 4.26. The SMILES string of the molecule is CCOc1cc(OCC)nc(Sc2ccnc3cc(Cl)cc(Cl)c23)n1. The van der Waals surface area contributed by atoms with Gasteiger partial charge in [0.05, 0.1) is 29.8 Å². The number of nitrogens with zero attached hydrogens (tertiary/aromatic N) is 3. The predicted molar refractivity (Wildman–Crippen MR) is 100 cm³/mol. The highest BCUT2D eigenvalue weighted by molar-refractivity contribution is 7.99. The summed E-state index contributed by atoms with van der Waals surface area (Å²) in [5, 5.41) is 2.39. The van der Waals surface area contributed by atoms with Crippen LogP contribution in [0.1, 0.15) is 13.8 Å². The maximum atomic E-state index is 6.37. The quantitative estimate of drug-likeness (QED) is 0.529. The molecule has 0 saturated heterocycles. The lowest BCUT2D eigenvalue weighted by Crippen LogP contribution is -2.01. The van der Waals surface area contributed by atoms with Gasteiger partial charge in [-0.25, -0.2) is 0 Å². The molecule has 2 heterocycles. The number of ether oxygens (including phenoxy) is 2. The minimum atomic E-state index is 0.468. The van der Waals surface area contributed by atoms with Gasteiger partial charge in [-0.1, -0.05) is 23.2 Å². The van der Waals surface area contributed by atoms with E-state index in [-0.39, 0.29) is 0 Å². The van der Waals surface area contributed by atoms with E-state index in [0.29, 0.717) is 45.7 Å². The van der Waals surface area contributed by atoms with Gasteiger partial charge in [0.1, 0.15) is 0 Å². The molecular formula is C17H15Cl2N3O2S. The van der Waals surface area contributed by atoms with Crippen molar-refractivity contribution >= 4 is 45.9 Å². The van der Waals surface area contributed by atoms with Gasteiger partial charge >= 0.3 is 0 Å². The van der Waals surface area contributed by atoms with Gasteiger partial charge in [0.2, 0.25) is 11.8 Å². The molecule has 8 heteroatoms. The summed E-state index contributed by atoms with van der Waals surface area (Å²) in [7, 11) is 0. The molecule has 2 aromatic heterocycles. The molecule has 0 radical (unpaired) electrons. The van der Waals surface area contributed by atoms with Crippen molar-refractivity contribution in [3.8, 4) is 11.8 Å². The Balaban J connectivity index is 2.03. The maximum Gasteiger partial charge on any atom is 0.221 e. The van der Waals surface area contributed by atoms with E-state index in [9.17, 15) is 0 Å². The molecule has 3 aromatic rings. The van der Waals surface area contributed by atoms with E-state index in [1.165, 1.54) is 11.8 Å². The van der Waals surface area contributed by atoms with Gasteiger partial charge < -0.3 is 9.47 Å². The van der Waals surface area contributed by atoms with E-state index >= 15 is 0 Å². The fourth-order valence-corrected chi connectivity index (χ4v) is 3.78. The average molecular weight is 396 g/mol. The highest BCUT2D eigenvalue weighted by Crippen LogP contribution is 2.37. The Hall–Kier alpha value is -1.76. The molecule has 0 fully saturated rings. The molecule has 0 saturated carbocycles. The van der Waals surface area contributed by atoms with E-state index in [2.05, 4.69) is 15.0 Å². The zero-order valence-electron chi connectivity index (χ0n) is 13.6. The summed E-state index contributed by atoms with van der Waals surface area (Å²) in [5.74, 6) is 0.937. The van der Waals surface area contributed by atoms with Crippen molar-refractivity contribution in [3.05, 3.63) is 40.5 Å². The van der Waals surface area contributed by atoms with Crippen LogP contribution >= 0.6 is 35.0 Å². The number of aromatic nitrogens is 3. The van der Waals surface area contributed by atoms with Crippen molar-refractivity contribution in [3.63, 3.8) is 0 Å². The van der Waals surface area contributed by atoms with Crippen LogP contribution in [0.2, 0.25) is 10.0 Å². The lowest BCUT2D eigenvalue weighted by molar-refractivity contribution is 0.300. The largest absolute Gasteiger partial charge is 0.478 e. The number of fused-ring (bicyclic) bond motifs is 1. The van der Waals surface area contributed by atoms with E-state index in [0.717, 1.165) is 10.3 Å². The van der Waals surface area contributed by atoms with Gasteiger partial charge in [-0.3, -0.25) is 4.98 Å². The van der Waals surface area contributed by atoms with Crippen molar-refractivity contribution in [1.82, 2.24) is 15.0 Å². The Morgan fingerprint density at radius 1 is 1.00 bits per heavy atom. The van der Waals surface area contributed by atoms with Crippen LogP contribution in [0.15, 0.2) is 40.5 Å². The summed E-state index contributed by atoms with van der Waals surface area (Å²) in [6.07, 6.45) is 1.70. The molecule has 0 bridgehead atoms. The minimum Gasteiger partial charge on any atom is -0.478 e. The molecule has 0 aliphatic carbocycles. The topological polar surface area (TPSA) is 57.1 Å².